The number of carbonyl (C=O) groups excluding carboxylic acids is 1. The minimum atomic E-state index is -3.49. The average Bonchev–Trinajstić information content (AvgIpc) is 2.82. The zero-order valence-electron chi connectivity index (χ0n) is 26.9. The molecule has 2 aromatic carbocycles. The van der Waals surface area contributed by atoms with Crippen LogP contribution in [-0.4, -0.2) is 13.0 Å². The van der Waals surface area contributed by atoms with Gasteiger partial charge in [0.15, 0.2) is 0 Å². The molecule has 0 heterocycles. The van der Waals surface area contributed by atoms with Crippen molar-refractivity contribution in [2.24, 2.45) is 0 Å². The number of nitrogens with one attached hydrogen (secondary N) is 1. The highest BCUT2D eigenvalue weighted by Crippen LogP contribution is 2.48. The van der Waals surface area contributed by atoms with Crippen LogP contribution in [0.5, 0.6) is 0 Å². The Kier molecular flexibility index (Phi) is 11.6. The van der Waals surface area contributed by atoms with Gasteiger partial charge in [0.1, 0.15) is 0 Å². The van der Waals surface area contributed by atoms with Gasteiger partial charge < -0.3 is 4.52 Å². The zero-order valence-corrected chi connectivity index (χ0v) is 27.8. The lowest BCUT2D eigenvalue weighted by molar-refractivity contribution is -0.118. The summed E-state index contributed by atoms with van der Waals surface area (Å²) in [5.41, 5.74) is 9.44. The van der Waals surface area contributed by atoms with Crippen molar-refractivity contribution in [1.82, 2.24) is 5.09 Å². The molecule has 0 radical (unpaired) electrons. The van der Waals surface area contributed by atoms with E-state index in [4.69, 9.17) is 4.52 Å². The zero-order chi connectivity index (χ0) is 29.8. The summed E-state index contributed by atoms with van der Waals surface area (Å²) in [4.78, 5) is 13.6. The topological polar surface area (TPSA) is 55.4 Å². The molecular weight excluding hydrogens is 501 g/mol. The van der Waals surface area contributed by atoms with Crippen molar-refractivity contribution in [3.05, 3.63) is 68.8 Å². The molecule has 2 rings (SSSR count). The Labute approximate surface area is 239 Å². The van der Waals surface area contributed by atoms with E-state index in [-0.39, 0.29) is 42.2 Å². The Morgan fingerprint density at radius 3 is 1.26 bits per heavy atom. The van der Waals surface area contributed by atoms with E-state index in [0.29, 0.717) is 11.8 Å². The summed E-state index contributed by atoms with van der Waals surface area (Å²) in [6.45, 7) is 26.2. The summed E-state index contributed by atoms with van der Waals surface area (Å²) in [6, 6.07) is 9.00. The van der Waals surface area contributed by atoms with Gasteiger partial charge in [-0.3, -0.25) is 14.4 Å². The van der Waals surface area contributed by atoms with Crippen LogP contribution < -0.4 is 5.09 Å². The molecule has 0 bridgehead atoms. The second-order valence-electron chi connectivity index (χ2n) is 13.0. The number of rotatable bonds is 12. The van der Waals surface area contributed by atoms with Crippen LogP contribution in [0.15, 0.2) is 24.3 Å². The molecule has 5 heteroatoms. The number of amides is 1. The van der Waals surface area contributed by atoms with E-state index < -0.39 is 7.52 Å². The van der Waals surface area contributed by atoms with E-state index in [2.05, 4.69) is 112 Å². The van der Waals surface area contributed by atoms with Gasteiger partial charge in [0.25, 0.3) is 7.52 Å². The van der Waals surface area contributed by atoms with E-state index in [1.807, 2.05) is 0 Å². The van der Waals surface area contributed by atoms with Gasteiger partial charge in [-0.25, -0.2) is 0 Å². The summed E-state index contributed by atoms with van der Waals surface area (Å²) in [5, 5.41) is 2.87. The van der Waals surface area contributed by atoms with Gasteiger partial charge in [-0.05, 0) is 80.0 Å². The minimum absolute atomic E-state index is 0.188. The Morgan fingerprint density at radius 1 is 0.641 bits per heavy atom. The van der Waals surface area contributed by atoms with Crippen molar-refractivity contribution in [2.45, 2.75) is 131 Å². The van der Waals surface area contributed by atoms with Crippen molar-refractivity contribution >= 4 is 13.4 Å². The fraction of sp³-hybridized carbons (Fsp3) is 0.618. The molecule has 218 valence electrons. The molecule has 0 saturated carbocycles. The minimum Gasteiger partial charge on any atom is -0.317 e. The smallest absolute Gasteiger partial charge is 0.300 e. The summed E-state index contributed by atoms with van der Waals surface area (Å²) in [7, 11) is -2.04. The van der Waals surface area contributed by atoms with E-state index in [1.54, 1.807) is 0 Å². The van der Waals surface area contributed by atoms with Gasteiger partial charge in [-0.2, -0.15) is 0 Å². The highest BCUT2D eigenvalue weighted by atomic mass is 31.2. The van der Waals surface area contributed by atoms with Crippen molar-refractivity contribution in [2.75, 3.05) is 7.11 Å². The standard InChI is InChI=1S/C34H54NO3P/c1-20(2)26-14-28(22(5)6)32(29(15-26)23(7)8)18-34(36)35-39(37,38-13)19-33-30(24(9)10)16-27(21(3)4)17-31(33)25(11)12/h14-17,20-25H,18-19H2,1-13H3,(H,35,36,37). The largest absolute Gasteiger partial charge is 0.317 e. The number of carbonyl (C=O) groups is 1. The molecule has 0 spiro atoms. The first kappa shape index (κ1) is 33.3. The predicted octanol–water partition coefficient (Wildman–Crippen LogP) is 10.1. The van der Waals surface area contributed by atoms with Crippen LogP contribution in [0.4, 0.5) is 0 Å². The highest BCUT2D eigenvalue weighted by molar-refractivity contribution is 7.56. The van der Waals surface area contributed by atoms with E-state index in [1.165, 1.54) is 40.5 Å². The van der Waals surface area contributed by atoms with Crippen LogP contribution in [0.1, 0.15) is 163 Å². The SMILES string of the molecule is COP(=O)(Cc1c(C(C)C)cc(C(C)C)cc1C(C)C)NC(=O)Cc1c(C(C)C)cc(C(C)C)cc1C(C)C. The highest BCUT2D eigenvalue weighted by Gasteiger charge is 2.30. The Morgan fingerprint density at radius 2 is 0.974 bits per heavy atom. The van der Waals surface area contributed by atoms with Crippen LogP contribution in [0.3, 0.4) is 0 Å². The lowest BCUT2D eigenvalue weighted by Gasteiger charge is -2.26. The van der Waals surface area contributed by atoms with Crippen LogP contribution >= 0.6 is 7.52 Å². The molecular formula is C34H54NO3P. The van der Waals surface area contributed by atoms with Crippen molar-refractivity contribution < 1.29 is 13.9 Å². The van der Waals surface area contributed by atoms with E-state index >= 15 is 0 Å². The maximum absolute atomic E-state index is 14.1. The third kappa shape index (κ3) is 8.30. The fourth-order valence-electron chi connectivity index (χ4n) is 5.35. The molecule has 2 aromatic rings. The number of benzene rings is 2. The van der Waals surface area contributed by atoms with Gasteiger partial charge in [0.2, 0.25) is 5.91 Å². The summed E-state index contributed by atoms with van der Waals surface area (Å²) < 4.78 is 19.8. The fourth-order valence-corrected chi connectivity index (χ4v) is 6.89. The molecule has 1 amide bonds. The quantitative estimate of drug-likeness (QED) is 0.265. The molecule has 0 aliphatic heterocycles. The average molecular weight is 556 g/mol. The molecule has 39 heavy (non-hydrogen) atoms. The second-order valence-corrected chi connectivity index (χ2v) is 15.3. The molecule has 1 unspecified atom stereocenters. The van der Waals surface area contributed by atoms with Gasteiger partial charge in [0.05, 0.1) is 12.6 Å². The van der Waals surface area contributed by atoms with Gasteiger partial charge >= 0.3 is 0 Å². The van der Waals surface area contributed by atoms with Crippen LogP contribution in [0.2, 0.25) is 0 Å². The van der Waals surface area contributed by atoms with Crippen molar-refractivity contribution in [3.63, 3.8) is 0 Å². The third-order valence-electron chi connectivity index (χ3n) is 7.80. The van der Waals surface area contributed by atoms with Gasteiger partial charge in [-0.1, -0.05) is 107 Å². The van der Waals surface area contributed by atoms with Crippen molar-refractivity contribution in [3.8, 4) is 0 Å². The lowest BCUT2D eigenvalue weighted by Crippen LogP contribution is -2.26. The summed E-state index contributed by atoms with van der Waals surface area (Å²) in [6.07, 6.45) is 0.377. The molecule has 0 aliphatic rings. The second kappa shape index (κ2) is 13.6. The molecule has 1 atom stereocenters. The van der Waals surface area contributed by atoms with Gasteiger partial charge in [-0.15, -0.1) is 0 Å². The molecule has 0 aromatic heterocycles. The van der Waals surface area contributed by atoms with Crippen molar-refractivity contribution in [1.29, 1.82) is 0 Å². The predicted molar refractivity (Wildman–Crippen MR) is 168 cm³/mol. The summed E-state index contributed by atoms with van der Waals surface area (Å²) in [5.74, 6) is 1.63. The normalized spacial score (nSPS) is 13.8. The lowest BCUT2D eigenvalue weighted by atomic mass is 9.83. The molecule has 0 fully saturated rings. The van der Waals surface area contributed by atoms with E-state index in [9.17, 15) is 9.36 Å². The monoisotopic (exact) mass is 555 g/mol. The first-order valence-electron chi connectivity index (χ1n) is 14.8. The van der Waals surface area contributed by atoms with Crippen LogP contribution in [-0.2, 0) is 26.5 Å². The Balaban J connectivity index is 2.51. The molecule has 1 N–H and O–H groups in total. The number of hydrogen-bond acceptors (Lipinski definition) is 3. The molecule has 4 nitrogen and oxygen atoms in total. The Hall–Kier alpha value is -1.90. The van der Waals surface area contributed by atoms with Gasteiger partial charge in [0, 0.05) is 7.11 Å². The maximum atomic E-state index is 14.1. The third-order valence-corrected chi connectivity index (χ3v) is 9.71. The van der Waals surface area contributed by atoms with Crippen LogP contribution in [0.25, 0.3) is 0 Å². The Bertz CT molecular complexity index is 1130. The maximum Gasteiger partial charge on any atom is 0.300 e. The first-order chi connectivity index (χ1) is 18.0. The van der Waals surface area contributed by atoms with E-state index in [0.717, 1.165) is 11.1 Å². The molecule has 0 aliphatic carbocycles. The van der Waals surface area contributed by atoms with Crippen LogP contribution in [0, 0.1) is 0 Å². The molecule has 0 saturated heterocycles. The number of hydrogen-bond donors (Lipinski definition) is 1. The first-order valence-corrected chi connectivity index (χ1v) is 16.6. The summed E-state index contributed by atoms with van der Waals surface area (Å²) >= 11 is 0.